The van der Waals surface area contributed by atoms with Crippen molar-refractivity contribution in [1.29, 1.82) is 0 Å². The van der Waals surface area contributed by atoms with Gasteiger partial charge in [0.15, 0.2) is 11.5 Å². The van der Waals surface area contributed by atoms with Gasteiger partial charge in [-0.05, 0) is 52.4 Å². The van der Waals surface area contributed by atoms with E-state index >= 15 is 0 Å². The minimum atomic E-state index is 0.272. The Kier molecular flexibility index (Phi) is 6.67. The second kappa shape index (κ2) is 7.53. The van der Waals surface area contributed by atoms with Crippen LogP contribution >= 0.6 is 31.9 Å². The Morgan fingerprint density at radius 2 is 1.84 bits per heavy atom. The molecule has 0 heterocycles. The zero-order chi connectivity index (χ0) is 14.5. The summed E-state index contributed by atoms with van der Waals surface area (Å²) in [6.45, 7) is 9.94. The molecule has 0 aliphatic carbocycles. The fourth-order valence-corrected chi connectivity index (χ4v) is 2.49. The molecule has 1 aromatic rings. The summed E-state index contributed by atoms with van der Waals surface area (Å²) in [5.41, 5.74) is 1.44. The molecule has 4 heteroatoms. The summed E-state index contributed by atoms with van der Waals surface area (Å²) in [5.74, 6) is 1.61. The van der Waals surface area contributed by atoms with Crippen LogP contribution in [0.15, 0.2) is 16.6 Å². The molecule has 0 saturated heterocycles. The lowest BCUT2D eigenvalue weighted by Crippen LogP contribution is -2.12. The zero-order valence-electron chi connectivity index (χ0n) is 12.1. The second-order valence-corrected chi connectivity index (χ2v) is 7.05. The molecular formula is C15H22Br2O2. The van der Waals surface area contributed by atoms with E-state index in [1.54, 1.807) is 0 Å². The van der Waals surface area contributed by atoms with Crippen molar-refractivity contribution < 1.29 is 9.47 Å². The Morgan fingerprint density at radius 3 is 2.37 bits per heavy atom. The van der Waals surface area contributed by atoms with Crippen LogP contribution in [-0.4, -0.2) is 13.2 Å². The first-order chi connectivity index (χ1) is 8.87. The minimum absolute atomic E-state index is 0.272. The first-order valence-electron chi connectivity index (χ1n) is 6.51. The van der Waals surface area contributed by atoms with Crippen LogP contribution in [0.1, 0.15) is 39.7 Å². The molecule has 1 rings (SSSR count). The summed E-state index contributed by atoms with van der Waals surface area (Å²) in [5, 5.41) is 0.800. The first kappa shape index (κ1) is 16.8. The van der Waals surface area contributed by atoms with Crippen LogP contribution in [0.25, 0.3) is 0 Å². The van der Waals surface area contributed by atoms with Crippen molar-refractivity contribution in [1.82, 2.24) is 0 Å². The van der Waals surface area contributed by atoms with E-state index in [0.29, 0.717) is 13.2 Å². The van der Waals surface area contributed by atoms with Gasteiger partial charge in [0.05, 0.1) is 17.7 Å². The minimum Gasteiger partial charge on any atom is -0.490 e. The highest BCUT2D eigenvalue weighted by atomic mass is 79.9. The van der Waals surface area contributed by atoms with Gasteiger partial charge < -0.3 is 9.47 Å². The van der Waals surface area contributed by atoms with Gasteiger partial charge in [0.25, 0.3) is 0 Å². The zero-order valence-corrected chi connectivity index (χ0v) is 15.2. The van der Waals surface area contributed by atoms with E-state index in [-0.39, 0.29) is 5.41 Å². The van der Waals surface area contributed by atoms with E-state index in [9.17, 15) is 0 Å². The Bertz CT molecular complexity index is 411. The number of hydrogen-bond donors (Lipinski definition) is 0. The highest BCUT2D eigenvalue weighted by molar-refractivity contribution is 9.10. The van der Waals surface area contributed by atoms with Gasteiger partial charge in [-0.3, -0.25) is 0 Å². The predicted molar refractivity (Wildman–Crippen MR) is 87.5 cm³/mol. The summed E-state index contributed by atoms with van der Waals surface area (Å²) in [6, 6.07) is 4.08. The van der Waals surface area contributed by atoms with E-state index in [0.717, 1.165) is 27.7 Å². The molecule has 108 valence electrons. The van der Waals surface area contributed by atoms with Gasteiger partial charge in [-0.25, -0.2) is 0 Å². The van der Waals surface area contributed by atoms with Crippen molar-refractivity contribution in [2.45, 2.75) is 39.4 Å². The third kappa shape index (κ3) is 5.74. The van der Waals surface area contributed by atoms with Crippen molar-refractivity contribution in [2.24, 2.45) is 5.41 Å². The lowest BCUT2D eigenvalue weighted by atomic mass is 9.93. The average molecular weight is 394 g/mol. The SMILES string of the molecule is CCOc1cc(CBr)cc(Br)c1OCCC(C)(C)C. The van der Waals surface area contributed by atoms with Gasteiger partial charge >= 0.3 is 0 Å². The average Bonchev–Trinajstić information content (AvgIpc) is 2.31. The summed E-state index contributed by atoms with van der Waals surface area (Å²) >= 11 is 7.03. The summed E-state index contributed by atoms with van der Waals surface area (Å²) in [7, 11) is 0. The third-order valence-electron chi connectivity index (χ3n) is 2.62. The molecule has 0 aliphatic heterocycles. The summed E-state index contributed by atoms with van der Waals surface area (Å²) < 4.78 is 12.5. The molecule has 0 radical (unpaired) electrons. The number of halogens is 2. The van der Waals surface area contributed by atoms with Crippen molar-refractivity contribution >= 4 is 31.9 Å². The first-order valence-corrected chi connectivity index (χ1v) is 8.43. The molecule has 0 aliphatic rings. The second-order valence-electron chi connectivity index (χ2n) is 5.63. The Labute approximate surface area is 133 Å². The molecule has 0 atom stereocenters. The van der Waals surface area contributed by atoms with Gasteiger partial charge in [-0.1, -0.05) is 36.7 Å². The molecule has 0 saturated carbocycles. The van der Waals surface area contributed by atoms with Crippen LogP contribution in [0.3, 0.4) is 0 Å². The van der Waals surface area contributed by atoms with Crippen LogP contribution in [-0.2, 0) is 5.33 Å². The maximum Gasteiger partial charge on any atom is 0.175 e. The molecule has 2 nitrogen and oxygen atoms in total. The van der Waals surface area contributed by atoms with Gasteiger partial charge in [0.1, 0.15) is 0 Å². The fourth-order valence-electron chi connectivity index (χ4n) is 1.56. The molecule has 0 unspecified atom stereocenters. The van der Waals surface area contributed by atoms with Crippen LogP contribution in [0.4, 0.5) is 0 Å². The predicted octanol–water partition coefficient (Wildman–Crippen LogP) is 5.56. The van der Waals surface area contributed by atoms with Crippen molar-refractivity contribution in [3.8, 4) is 11.5 Å². The van der Waals surface area contributed by atoms with Crippen LogP contribution in [0.5, 0.6) is 11.5 Å². The van der Waals surface area contributed by atoms with Crippen molar-refractivity contribution in [3.05, 3.63) is 22.2 Å². The van der Waals surface area contributed by atoms with Gasteiger partial charge in [0.2, 0.25) is 0 Å². The number of rotatable bonds is 6. The summed E-state index contributed by atoms with van der Waals surface area (Å²) in [4.78, 5) is 0. The molecule has 0 bridgehead atoms. The molecule has 0 aromatic heterocycles. The van der Waals surface area contributed by atoms with E-state index in [2.05, 4.69) is 58.7 Å². The Balaban J connectivity index is 2.85. The van der Waals surface area contributed by atoms with Crippen LogP contribution < -0.4 is 9.47 Å². The smallest absolute Gasteiger partial charge is 0.175 e. The van der Waals surface area contributed by atoms with E-state index in [1.807, 2.05) is 13.0 Å². The maximum atomic E-state index is 5.91. The monoisotopic (exact) mass is 392 g/mol. The molecule has 0 N–H and O–H groups in total. The standard InChI is InChI=1S/C15H22Br2O2/c1-5-18-13-9-11(10-16)8-12(17)14(13)19-7-6-15(2,3)4/h8-9H,5-7,10H2,1-4H3. The van der Waals surface area contributed by atoms with E-state index < -0.39 is 0 Å². The number of hydrogen-bond acceptors (Lipinski definition) is 2. The van der Waals surface area contributed by atoms with Crippen LogP contribution in [0, 0.1) is 5.41 Å². The number of ether oxygens (including phenoxy) is 2. The summed E-state index contributed by atoms with van der Waals surface area (Å²) in [6.07, 6.45) is 1.01. The fraction of sp³-hybridized carbons (Fsp3) is 0.600. The van der Waals surface area contributed by atoms with Crippen LogP contribution in [0.2, 0.25) is 0 Å². The van der Waals surface area contributed by atoms with Gasteiger partial charge in [0, 0.05) is 5.33 Å². The van der Waals surface area contributed by atoms with Gasteiger partial charge in [-0.2, -0.15) is 0 Å². The highest BCUT2D eigenvalue weighted by Crippen LogP contribution is 2.38. The highest BCUT2D eigenvalue weighted by Gasteiger charge is 2.14. The number of alkyl halides is 1. The normalized spacial score (nSPS) is 11.5. The lowest BCUT2D eigenvalue weighted by molar-refractivity contribution is 0.228. The quantitative estimate of drug-likeness (QED) is 0.589. The Morgan fingerprint density at radius 1 is 1.16 bits per heavy atom. The Hall–Kier alpha value is -0.220. The number of benzene rings is 1. The molecule has 19 heavy (non-hydrogen) atoms. The largest absolute Gasteiger partial charge is 0.490 e. The maximum absolute atomic E-state index is 5.91. The molecule has 0 amide bonds. The van der Waals surface area contributed by atoms with Crippen molar-refractivity contribution in [2.75, 3.05) is 13.2 Å². The third-order valence-corrected chi connectivity index (χ3v) is 3.86. The topological polar surface area (TPSA) is 18.5 Å². The van der Waals surface area contributed by atoms with E-state index in [1.165, 1.54) is 5.56 Å². The van der Waals surface area contributed by atoms with Crippen molar-refractivity contribution in [3.63, 3.8) is 0 Å². The molecule has 0 fully saturated rings. The molecule has 1 aromatic carbocycles. The molecular weight excluding hydrogens is 372 g/mol. The lowest BCUT2D eigenvalue weighted by Gasteiger charge is -2.20. The van der Waals surface area contributed by atoms with E-state index in [4.69, 9.17) is 9.47 Å². The molecule has 0 spiro atoms. The van der Waals surface area contributed by atoms with Gasteiger partial charge in [-0.15, -0.1) is 0 Å².